The van der Waals surface area contributed by atoms with Gasteiger partial charge in [0, 0.05) is 7.05 Å². The highest BCUT2D eigenvalue weighted by Crippen LogP contribution is 1.96. The van der Waals surface area contributed by atoms with E-state index in [-0.39, 0.29) is 5.96 Å². The molecule has 1 rings (SSSR count). The lowest BCUT2D eigenvalue weighted by Gasteiger charge is -1.94. The van der Waals surface area contributed by atoms with E-state index < -0.39 is 0 Å². The lowest BCUT2D eigenvalue weighted by atomic mass is 10.4. The Kier molecular flexibility index (Phi) is 5.47. The standard InChI is InChI=1S/C10H15N9/c1-13-10(14-2)19-16-6-8-4-3-7(17-8)5-15-18-9(11)12/h3-6,17H,1H2,2H3,(H,14,19)(H4,11,12,18)/b15-5+,16-6+. The summed E-state index contributed by atoms with van der Waals surface area (Å²) < 4.78 is 0. The van der Waals surface area contributed by atoms with E-state index in [9.17, 15) is 0 Å². The Morgan fingerprint density at radius 1 is 1.32 bits per heavy atom. The van der Waals surface area contributed by atoms with Crippen LogP contribution in [0.2, 0.25) is 0 Å². The summed E-state index contributed by atoms with van der Waals surface area (Å²) in [4.78, 5) is 10.4. The second-order valence-corrected chi connectivity index (χ2v) is 3.21. The van der Waals surface area contributed by atoms with Crippen LogP contribution in [-0.4, -0.2) is 43.1 Å². The molecule has 0 unspecified atom stereocenters. The maximum absolute atomic E-state index is 5.13. The minimum Gasteiger partial charge on any atom is -0.369 e. The largest absolute Gasteiger partial charge is 0.369 e. The number of nitrogens with zero attached hydrogens (tertiary/aromatic N) is 5. The lowest BCUT2D eigenvalue weighted by molar-refractivity contribution is 1.01. The molecule has 0 atom stereocenters. The first kappa shape index (κ1) is 14.1. The molecule has 0 saturated carbocycles. The first-order valence-corrected chi connectivity index (χ1v) is 5.19. The lowest BCUT2D eigenvalue weighted by Crippen LogP contribution is -2.21. The Labute approximate surface area is 109 Å². The summed E-state index contributed by atoms with van der Waals surface area (Å²) in [6.07, 6.45) is 3.04. The molecule has 0 aliphatic carbocycles. The minimum atomic E-state index is -0.0999. The molecule has 9 heteroatoms. The quantitative estimate of drug-likeness (QED) is 0.321. The van der Waals surface area contributed by atoms with Crippen molar-refractivity contribution in [2.45, 2.75) is 0 Å². The molecule has 0 saturated heterocycles. The summed E-state index contributed by atoms with van der Waals surface area (Å²) in [6, 6.07) is 3.61. The SMILES string of the molecule is C=NC(=NC)N/N=C/c1ccc(/C=N/N=C(N)N)[nH]1. The van der Waals surface area contributed by atoms with Crippen molar-refractivity contribution in [1.29, 1.82) is 0 Å². The third-order valence-electron chi connectivity index (χ3n) is 1.83. The van der Waals surface area contributed by atoms with Crippen molar-refractivity contribution in [1.82, 2.24) is 10.4 Å². The van der Waals surface area contributed by atoms with Gasteiger partial charge in [0.05, 0.1) is 23.8 Å². The number of nitrogens with one attached hydrogen (secondary N) is 2. The Hall–Kier alpha value is -2.97. The van der Waals surface area contributed by atoms with Crippen molar-refractivity contribution in [3.05, 3.63) is 23.5 Å². The van der Waals surface area contributed by atoms with Crippen molar-refractivity contribution in [3.63, 3.8) is 0 Å². The molecule has 0 aliphatic rings. The number of aromatic nitrogens is 1. The average molecular weight is 261 g/mol. The van der Waals surface area contributed by atoms with E-state index in [1.54, 1.807) is 19.3 Å². The molecule has 1 aromatic rings. The minimum absolute atomic E-state index is 0.0999. The van der Waals surface area contributed by atoms with Gasteiger partial charge in [-0.2, -0.15) is 10.2 Å². The number of hydrogen-bond acceptors (Lipinski definition) is 4. The van der Waals surface area contributed by atoms with Gasteiger partial charge in [0.15, 0.2) is 0 Å². The van der Waals surface area contributed by atoms with Crippen molar-refractivity contribution >= 4 is 31.1 Å². The molecular formula is C10H15N9. The maximum Gasteiger partial charge on any atom is 0.237 e. The number of hydrogen-bond donors (Lipinski definition) is 4. The van der Waals surface area contributed by atoms with Crippen LogP contribution in [0.15, 0.2) is 37.4 Å². The van der Waals surface area contributed by atoms with E-state index >= 15 is 0 Å². The predicted molar refractivity (Wildman–Crippen MR) is 77.8 cm³/mol. The molecule has 0 aromatic carbocycles. The van der Waals surface area contributed by atoms with Crippen molar-refractivity contribution in [3.8, 4) is 0 Å². The number of rotatable bonds is 4. The summed E-state index contributed by atoms with van der Waals surface area (Å²) in [5.41, 5.74) is 14.4. The third-order valence-corrected chi connectivity index (χ3v) is 1.83. The molecule has 19 heavy (non-hydrogen) atoms. The van der Waals surface area contributed by atoms with Crippen LogP contribution in [0.1, 0.15) is 11.4 Å². The Balaban J connectivity index is 2.60. The number of aliphatic imine (C=N–C) groups is 2. The third kappa shape index (κ3) is 5.26. The molecule has 6 N–H and O–H groups in total. The molecule has 1 heterocycles. The number of H-pyrrole nitrogens is 1. The van der Waals surface area contributed by atoms with Gasteiger partial charge < -0.3 is 16.5 Å². The summed E-state index contributed by atoms with van der Waals surface area (Å²) >= 11 is 0. The molecule has 0 spiro atoms. The van der Waals surface area contributed by atoms with Crippen LogP contribution in [0.3, 0.4) is 0 Å². The average Bonchev–Trinajstić information content (AvgIpc) is 2.82. The zero-order chi connectivity index (χ0) is 14.1. The molecule has 1 aromatic heterocycles. The van der Waals surface area contributed by atoms with Gasteiger partial charge in [-0.15, -0.1) is 5.10 Å². The van der Waals surface area contributed by atoms with Crippen molar-refractivity contribution in [2.24, 2.45) is 36.8 Å². The molecule has 9 nitrogen and oxygen atoms in total. The van der Waals surface area contributed by atoms with Crippen LogP contribution >= 0.6 is 0 Å². The second-order valence-electron chi connectivity index (χ2n) is 3.21. The van der Waals surface area contributed by atoms with Gasteiger partial charge in [-0.05, 0) is 18.9 Å². The van der Waals surface area contributed by atoms with Crippen LogP contribution in [0.25, 0.3) is 0 Å². The van der Waals surface area contributed by atoms with Gasteiger partial charge in [-0.25, -0.2) is 10.4 Å². The van der Waals surface area contributed by atoms with Crippen molar-refractivity contribution < 1.29 is 0 Å². The van der Waals surface area contributed by atoms with Crippen LogP contribution in [0, 0.1) is 0 Å². The number of guanidine groups is 2. The number of hydrazone groups is 1. The summed E-state index contributed by atoms with van der Waals surface area (Å²) in [5.74, 6) is 0.231. The fourth-order valence-electron chi connectivity index (χ4n) is 1.05. The second kappa shape index (κ2) is 7.37. The first-order valence-electron chi connectivity index (χ1n) is 5.19. The summed E-state index contributed by atoms with van der Waals surface area (Å²) in [6.45, 7) is 3.33. The highest BCUT2D eigenvalue weighted by molar-refractivity contribution is 5.87. The predicted octanol–water partition coefficient (Wildman–Crippen LogP) is -0.768. The number of aromatic amines is 1. The Morgan fingerprint density at radius 2 is 2.00 bits per heavy atom. The van der Waals surface area contributed by atoms with Gasteiger partial charge in [-0.1, -0.05) is 0 Å². The highest BCUT2D eigenvalue weighted by atomic mass is 15.4. The first-order chi connectivity index (χ1) is 9.15. The van der Waals surface area contributed by atoms with Crippen LogP contribution < -0.4 is 16.9 Å². The van der Waals surface area contributed by atoms with E-state index in [0.29, 0.717) is 5.96 Å². The molecule has 0 fully saturated rings. The van der Waals surface area contributed by atoms with Crippen LogP contribution in [0.5, 0.6) is 0 Å². The normalized spacial score (nSPS) is 11.9. The zero-order valence-corrected chi connectivity index (χ0v) is 10.4. The summed E-state index contributed by atoms with van der Waals surface area (Å²) in [7, 11) is 1.58. The van der Waals surface area contributed by atoms with E-state index in [0.717, 1.165) is 11.4 Å². The molecule has 0 radical (unpaired) electrons. The molecular weight excluding hydrogens is 246 g/mol. The maximum atomic E-state index is 5.13. The van der Waals surface area contributed by atoms with Crippen molar-refractivity contribution in [2.75, 3.05) is 7.05 Å². The molecule has 0 amide bonds. The van der Waals surface area contributed by atoms with Gasteiger partial charge in [-0.3, -0.25) is 4.99 Å². The fourth-order valence-corrected chi connectivity index (χ4v) is 1.05. The van der Waals surface area contributed by atoms with Crippen LogP contribution in [-0.2, 0) is 0 Å². The van der Waals surface area contributed by atoms with E-state index in [1.165, 1.54) is 6.21 Å². The smallest absolute Gasteiger partial charge is 0.237 e. The van der Waals surface area contributed by atoms with Gasteiger partial charge >= 0.3 is 0 Å². The Bertz CT molecular complexity index is 531. The zero-order valence-electron chi connectivity index (χ0n) is 10.4. The summed E-state index contributed by atoms with van der Waals surface area (Å²) in [5, 5.41) is 11.1. The molecule has 100 valence electrons. The fraction of sp³-hybridized carbons (Fsp3) is 0.100. The van der Waals surface area contributed by atoms with Crippen LogP contribution in [0.4, 0.5) is 0 Å². The van der Waals surface area contributed by atoms with Gasteiger partial charge in [0.1, 0.15) is 0 Å². The topological polar surface area (TPSA) is 142 Å². The van der Waals surface area contributed by atoms with Gasteiger partial charge in [0.2, 0.25) is 11.9 Å². The number of nitrogens with two attached hydrogens (primary N) is 2. The van der Waals surface area contributed by atoms with E-state index in [2.05, 4.69) is 42.4 Å². The van der Waals surface area contributed by atoms with E-state index in [4.69, 9.17) is 11.5 Å². The monoisotopic (exact) mass is 261 g/mol. The van der Waals surface area contributed by atoms with Gasteiger partial charge in [0.25, 0.3) is 0 Å². The Morgan fingerprint density at radius 3 is 2.58 bits per heavy atom. The van der Waals surface area contributed by atoms with E-state index in [1.807, 2.05) is 6.07 Å². The molecule has 0 bridgehead atoms. The molecule has 0 aliphatic heterocycles. The highest BCUT2D eigenvalue weighted by Gasteiger charge is 1.93.